The molecule has 1 amide bonds. The number of carbonyl (C=O) groups is 1. The van der Waals surface area contributed by atoms with E-state index in [1.54, 1.807) is 5.38 Å². The van der Waals surface area contributed by atoms with Crippen molar-refractivity contribution in [3.05, 3.63) is 54.5 Å². The number of hydrogen-bond donors (Lipinski definition) is 1. The van der Waals surface area contributed by atoms with Gasteiger partial charge in [0.1, 0.15) is 0 Å². The van der Waals surface area contributed by atoms with Crippen molar-refractivity contribution < 1.29 is 14.6 Å². The Bertz CT molecular complexity index is 698. The quantitative estimate of drug-likeness (QED) is 0.678. The van der Waals surface area contributed by atoms with Crippen LogP contribution in [0.1, 0.15) is 10.4 Å². The molecule has 1 N–H and O–H groups in total. The predicted octanol–water partition coefficient (Wildman–Crippen LogP) is 2.87. The first-order valence-electron chi connectivity index (χ1n) is 5.23. The molecule has 0 saturated carbocycles. The lowest BCUT2D eigenvalue weighted by Crippen LogP contribution is -2.12. The number of anilines is 1. The minimum Gasteiger partial charge on any atom is -0.298 e. The number of nitrogens with one attached hydrogen (secondary N) is 1. The van der Waals surface area contributed by atoms with Gasteiger partial charge in [0.25, 0.3) is 17.3 Å². The van der Waals surface area contributed by atoms with E-state index < -0.39 is 32.2 Å². The largest absolute Gasteiger partial charge is 0.298 e. The fraction of sp³-hybridized carbons (Fsp3) is 0. The molecule has 1 aromatic heterocycles. The molecule has 0 unspecified atom stereocenters. The zero-order valence-corrected chi connectivity index (χ0v) is 11.6. The molecule has 9 nitrogen and oxygen atoms in total. The summed E-state index contributed by atoms with van der Waals surface area (Å²) in [6.45, 7) is 0. The molecule has 11 heteroatoms. The number of nitro groups is 2. The third-order valence-electron chi connectivity index (χ3n) is 2.34. The highest BCUT2D eigenvalue weighted by Crippen LogP contribution is 2.35. The molecule has 0 aliphatic carbocycles. The first-order valence-corrected chi connectivity index (χ1v) is 6.49. The van der Waals surface area contributed by atoms with Crippen LogP contribution < -0.4 is 5.32 Å². The Morgan fingerprint density at radius 2 is 1.81 bits per heavy atom. The summed E-state index contributed by atoms with van der Waals surface area (Å²) in [5.74, 6) is -0.757. The molecule has 108 valence electrons. The van der Waals surface area contributed by atoms with Gasteiger partial charge >= 0.3 is 0 Å². The summed E-state index contributed by atoms with van der Waals surface area (Å²) in [4.78, 5) is 35.7. The summed E-state index contributed by atoms with van der Waals surface area (Å²) in [6, 6.07) is 1.75. The lowest BCUT2D eigenvalue weighted by Gasteiger charge is -2.03. The topological polar surface area (TPSA) is 128 Å². The van der Waals surface area contributed by atoms with E-state index in [9.17, 15) is 25.0 Å². The van der Waals surface area contributed by atoms with Crippen LogP contribution in [0.15, 0.2) is 23.7 Å². The van der Waals surface area contributed by atoms with Crippen LogP contribution in [0.25, 0.3) is 0 Å². The Hall–Kier alpha value is -2.59. The van der Waals surface area contributed by atoms with Gasteiger partial charge in [0.05, 0.1) is 15.4 Å². The van der Waals surface area contributed by atoms with Crippen molar-refractivity contribution in [2.75, 3.05) is 5.32 Å². The number of rotatable bonds is 4. The molecular formula is C10H5ClN4O5S. The van der Waals surface area contributed by atoms with E-state index in [0.717, 1.165) is 23.5 Å². The van der Waals surface area contributed by atoms with Crippen molar-refractivity contribution in [1.29, 1.82) is 0 Å². The summed E-state index contributed by atoms with van der Waals surface area (Å²) in [5.41, 5.74) is -1.68. The van der Waals surface area contributed by atoms with Crippen LogP contribution in [0.2, 0.25) is 5.02 Å². The van der Waals surface area contributed by atoms with Gasteiger partial charge in [-0.15, -0.1) is 11.3 Å². The van der Waals surface area contributed by atoms with Crippen molar-refractivity contribution in [2.45, 2.75) is 0 Å². The van der Waals surface area contributed by atoms with E-state index in [4.69, 9.17) is 11.6 Å². The summed E-state index contributed by atoms with van der Waals surface area (Å²) in [5, 5.41) is 25.3. The smallest absolute Gasteiger partial charge is 0.295 e. The lowest BCUT2D eigenvalue weighted by molar-refractivity contribution is -0.393. The number of carbonyl (C=O) groups excluding carboxylic acids is 1. The van der Waals surface area contributed by atoms with E-state index in [-0.39, 0.29) is 10.7 Å². The number of amides is 1. The maximum absolute atomic E-state index is 11.9. The molecule has 0 aliphatic heterocycles. The van der Waals surface area contributed by atoms with Crippen molar-refractivity contribution in [2.24, 2.45) is 0 Å². The van der Waals surface area contributed by atoms with Gasteiger partial charge < -0.3 is 0 Å². The molecule has 21 heavy (non-hydrogen) atoms. The molecule has 2 rings (SSSR count). The van der Waals surface area contributed by atoms with Crippen LogP contribution in [0, 0.1) is 20.2 Å². The predicted molar refractivity (Wildman–Crippen MR) is 74.8 cm³/mol. The first kappa shape index (κ1) is 14.8. The van der Waals surface area contributed by atoms with E-state index in [1.165, 1.54) is 6.20 Å². The van der Waals surface area contributed by atoms with Crippen LogP contribution >= 0.6 is 22.9 Å². The normalized spacial score (nSPS) is 10.1. The fourth-order valence-electron chi connectivity index (χ4n) is 1.45. The summed E-state index contributed by atoms with van der Waals surface area (Å²) in [7, 11) is 0. The average Bonchev–Trinajstić information content (AvgIpc) is 2.90. The number of benzene rings is 1. The van der Waals surface area contributed by atoms with Crippen LogP contribution in [-0.4, -0.2) is 20.7 Å². The van der Waals surface area contributed by atoms with Gasteiger partial charge in [0.2, 0.25) is 0 Å². The molecule has 0 fully saturated rings. The van der Waals surface area contributed by atoms with Gasteiger partial charge in [-0.05, 0) is 0 Å². The Labute approximate surface area is 125 Å². The number of nitrogens with zero attached hydrogens (tertiary/aromatic N) is 3. The highest BCUT2D eigenvalue weighted by Gasteiger charge is 2.27. The van der Waals surface area contributed by atoms with Crippen molar-refractivity contribution >= 4 is 45.4 Å². The van der Waals surface area contributed by atoms with Crippen LogP contribution in [0.5, 0.6) is 0 Å². The number of halogens is 1. The molecule has 0 aliphatic rings. The monoisotopic (exact) mass is 328 g/mol. The van der Waals surface area contributed by atoms with Gasteiger partial charge in [0.15, 0.2) is 10.2 Å². The van der Waals surface area contributed by atoms with Gasteiger partial charge in [-0.2, -0.15) is 0 Å². The molecular weight excluding hydrogens is 324 g/mol. The number of hydrogen-bond acceptors (Lipinski definition) is 7. The number of thiazole rings is 1. The van der Waals surface area contributed by atoms with E-state index >= 15 is 0 Å². The van der Waals surface area contributed by atoms with Gasteiger partial charge in [-0.3, -0.25) is 30.3 Å². The highest BCUT2D eigenvalue weighted by molar-refractivity contribution is 7.13. The highest BCUT2D eigenvalue weighted by atomic mass is 35.5. The second-order valence-corrected chi connectivity index (χ2v) is 4.91. The summed E-state index contributed by atoms with van der Waals surface area (Å²) >= 11 is 6.73. The van der Waals surface area contributed by atoms with E-state index in [0.29, 0.717) is 0 Å². The second-order valence-electron chi connectivity index (χ2n) is 3.63. The Balaban J connectivity index is 2.46. The minimum absolute atomic E-state index is 0.256. The van der Waals surface area contributed by atoms with Crippen LogP contribution in [0.4, 0.5) is 16.5 Å². The van der Waals surface area contributed by atoms with Crippen molar-refractivity contribution in [3.63, 3.8) is 0 Å². The zero-order chi connectivity index (χ0) is 15.6. The summed E-state index contributed by atoms with van der Waals surface area (Å²) in [6.07, 6.45) is 1.45. The molecule has 0 saturated heterocycles. The SMILES string of the molecule is O=C(Nc1nccs1)c1cc([N+](=O)[O-])c(Cl)c([N+](=O)[O-])c1. The van der Waals surface area contributed by atoms with Crippen molar-refractivity contribution in [1.82, 2.24) is 4.98 Å². The molecule has 0 bridgehead atoms. The Morgan fingerprint density at radius 1 is 1.24 bits per heavy atom. The third-order valence-corrected chi connectivity index (χ3v) is 3.42. The van der Waals surface area contributed by atoms with E-state index in [1.807, 2.05) is 0 Å². The van der Waals surface area contributed by atoms with Gasteiger partial charge in [0, 0.05) is 23.7 Å². The molecule has 0 radical (unpaired) electrons. The Morgan fingerprint density at radius 3 is 2.24 bits per heavy atom. The third kappa shape index (κ3) is 3.12. The Kier molecular flexibility index (Phi) is 4.10. The number of aromatic nitrogens is 1. The summed E-state index contributed by atoms with van der Waals surface area (Å²) < 4.78 is 0. The van der Waals surface area contributed by atoms with Crippen molar-refractivity contribution in [3.8, 4) is 0 Å². The van der Waals surface area contributed by atoms with Crippen LogP contribution in [-0.2, 0) is 0 Å². The fourth-order valence-corrected chi connectivity index (χ4v) is 2.22. The molecule has 0 atom stereocenters. The zero-order valence-electron chi connectivity index (χ0n) is 9.98. The first-order chi connectivity index (χ1) is 9.90. The maximum Gasteiger partial charge on any atom is 0.295 e. The molecule has 2 aromatic rings. The lowest BCUT2D eigenvalue weighted by atomic mass is 10.1. The molecule has 1 heterocycles. The van der Waals surface area contributed by atoms with Gasteiger partial charge in [-0.25, -0.2) is 4.98 Å². The maximum atomic E-state index is 11.9. The standard InChI is InChI=1S/C10H5ClN4O5S/c11-8-6(14(17)18)3-5(4-7(8)15(19)20)9(16)13-10-12-1-2-21-10/h1-4H,(H,12,13,16). The number of nitro benzene ring substituents is 2. The second kappa shape index (κ2) is 5.81. The minimum atomic E-state index is -0.893. The molecule has 0 spiro atoms. The van der Waals surface area contributed by atoms with Crippen LogP contribution in [0.3, 0.4) is 0 Å². The van der Waals surface area contributed by atoms with E-state index in [2.05, 4.69) is 10.3 Å². The van der Waals surface area contributed by atoms with Gasteiger partial charge in [-0.1, -0.05) is 11.6 Å². The molecule has 1 aromatic carbocycles. The average molecular weight is 329 g/mol.